The molecule has 1 aromatic rings. The first-order valence-electron chi connectivity index (χ1n) is 7.45. The maximum Gasteiger partial charge on any atom is 0.119 e. The van der Waals surface area contributed by atoms with Gasteiger partial charge in [0.25, 0.3) is 0 Å². The summed E-state index contributed by atoms with van der Waals surface area (Å²) in [6.07, 6.45) is 4.81. The van der Waals surface area contributed by atoms with E-state index in [1.807, 2.05) is 24.3 Å². The summed E-state index contributed by atoms with van der Waals surface area (Å²) < 4.78 is 10.9. The van der Waals surface area contributed by atoms with Crippen LogP contribution in [0.2, 0.25) is 0 Å². The summed E-state index contributed by atoms with van der Waals surface area (Å²) in [4.78, 5) is 2.36. The molecular weight excluding hydrogens is 254 g/mol. The lowest BCUT2D eigenvalue weighted by molar-refractivity contribution is 0.108. The van der Waals surface area contributed by atoms with Gasteiger partial charge in [-0.1, -0.05) is 12.8 Å². The number of benzene rings is 1. The number of ether oxygens (including phenoxy) is 2. The summed E-state index contributed by atoms with van der Waals surface area (Å²) >= 11 is 0. The Labute approximate surface area is 121 Å². The summed E-state index contributed by atoms with van der Waals surface area (Å²) in [6.45, 7) is 2.85. The Bertz CT molecular complexity index is 380. The molecule has 0 saturated carbocycles. The number of nitrogens with zero attached hydrogens (tertiary/aromatic N) is 1. The summed E-state index contributed by atoms with van der Waals surface area (Å²) in [5.74, 6) is 1.70. The standard InChI is InChI=1S/C16H25NO3/c1-19-15-6-8-16(9-7-15)20-12-11-17-10-4-2-3-5-14(17)13-18/h6-9,14,18H,2-5,10-13H2,1H3. The zero-order valence-electron chi connectivity index (χ0n) is 12.3. The molecule has 1 heterocycles. The van der Waals surface area contributed by atoms with Crippen molar-refractivity contribution < 1.29 is 14.6 Å². The quantitative estimate of drug-likeness (QED) is 0.867. The minimum atomic E-state index is 0.253. The van der Waals surface area contributed by atoms with Gasteiger partial charge in [0.05, 0.1) is 13.7 Å². The fraction of sp³-hybridized carbons (Fsp3) is 0.625. The lowest BCUT2D eigenvalue weighted by Gasteiger charge is -2.28. The molecule has 0 aromatic heterocycles. The van der Waals surface area contributed by atoms with E-state index in [0.717, 1.165) is 31.0 Å². The van der Waals surface area contributed by atoms with Crippen molar-refractivity contribution in [1.82, 2.24) is 4.90 Å². The number of aliphatic hydroxyl groups is 1. The van der Waals surface area contributed by atoms with Crippen LogP contribution in [0.15, 0.2) is 24.3 Å². The van der Waals surface area contributed by atoms with Gasteiger partial charge in [0, 0.05) is 12.6 Å². The summed E-state index contributed by atoms with van der Waals surface area (Å²) in [6, 6.07) is 7.95. The Morgan fingerprint density at radius 3 is 2.60 bits per heavy atom. The van der Waals surface area contributed by atoms with Crippen LogP contribution in [-0.2, 0) is 0 Å². The van der Waals surface area contributed by atoms with Gasteiger partial charge in [0.15, 0.2) is 0 Å². The van der Waals surface area contributed by atoms with Gasteiger partial charge in [-0.15, -0.1) is 0 Å². The predicted octanol–water partition coefficient (Wildman–Crippen LogP) is 2.31. The maximum atomic E-state index is 9.46. The molecule has 1 atom stereocenters. The van der Waals surface area contributed by atoms with E-state index in [-0.39, 0.29) is 6.61 Å². The number of hydrogen-bond acceptors (Lipinski definition) is 4. The van der Waals surface area contributed by atoms with Crippen molar-refractivity contribution in [2.45, 2.75) is 31.7 Å². The molecule has 0 amide bonds. The minimum absolute atomic E-state index is 0.253. The molecule has 4 nitrogen and oxygen atoms in total. The summed E-state index contributed by atoms with van der Waals surface area (Å²) in [5, 5.41) is 9.46. The second-order valence-corrected chi connectivity index (χ2v) is 5.25. The zero-order chi connectivity index (χ0) is 14.2. The molecule has 2 rings (SSSR count). The van der Waals surface area contributed by atoms with Gasteiger partial charge in [-0.2, -0.15) is 0 Å². The first-order chi connectivity index (χ1) is 9.83. The van der Waals surface area contributed by atoms with Crippen molar-refractivity contribution in [1.29, 1.82) is 0 Å². The van der Waals surface area contributed by atoms with Gasteiger partial charge >= 0.3 is 0 Å². The molecule has 0 aliphatic carbocycles. The van der Waals surface area contributed by atoms with Crippen LogP contribution in [0.25, 0.3) is 0 Å². The van der Waals surface area contributed by atoms with Crippen LogP contribution < -0.4 is 9.47 Å². The first-order valence-corrected chi connectivity index (χ1v) is 7.45. The fourth-order valence-electron chi connectivity index (χ4n) is 2.69. The van der Waals surface area contributed by atoms with Crippen LogP contribution >= 0.6 is 0 Å². The summed E-state index contributed by atoms with van der Waals surface area (Å²) in [5.41, 5.74) is 0. The normalized spacial score (nSPS) is 20.4. The maximum absolute atomic E-state index is 9.46. The smallest absolute Gasteiger partial charge is 0.119 e. The SMILES string of the molecule is COc1ccc(OCCN2CCCCCC2CO)cc1. The molecule has 1 N–H and O–H groups in total. The Kier molecular flexibility index (Phi) is 6.15. The van der Waals surface area contributed by atoms with Crippen molar-refractivity contribution in [3.05, 3.63) is 24.3 Å². The number of hydrogen-bond donors (Lipinski definition) is 1. The molecule has 4 heteroatoms. The van der Waals surface area contributed by atoms with Crippen LogP contribution in [0.5, 0.6) is 11.5 Å². The third-order valence-electron chi connectivity index (χ3n) is 3.92. The van der Waals surface area contributed by atoms with Crippen LogP contribution in [0.1, 0.15) is 25.7 Å². The zero-order valence-corrected chi connectivity index (χ0v) is 12.3. The Balaban J connectivity index is 1.78. The molecule has 0 bridgehead atoms. The molecule has 0 spiro atoms. The van der Waals surface area contributed by atoms with E-state index in [9.17, 15) is 5.11 Å². The van der Waals surface area contributed by atoms with E-state index in [1.165, 1.54) is 19.3 Å². The molecule has 0 radical (unpaired) electrons. The van der Waals surface area contributed by atoms with Crippen molar-refractivity contribution in [2.24, 2.45) is 0 Å². The highest BCUT2D eigenvalue weighted by atomic mass is 16.5. The van der Waals surface area contributed by atoms with E-state index in [2.05, 4.69) is 4.90 Å². The van der Waals surface area contributed by atoms with Crippen LogP contribution in [-0.4, -0.2) is 49.5 Å². The second-order valence-electron chi connectivity index (χ2n) is 5.25. The molecule has 1 saturated heterocycles. The highest BCUT2D eigenvalue weighted by Gasteiger charge is 2.19. The minimum Gasteiger partial charge on any atom is -0.497 e. The molecule has 1 aliphatic rings. The van der Waals surface area contributed by atoms with Crippen molar-refractivity contribution in [3.8, 4) is 11.5 Å². The largest absolute Gasteiger partial charge is 0.497 e. The lowest BCUT2D eigenvalue weighted by Crippen LogP contribution is -2.40. The highest BCUT2D eigenvalue weighted by Crippen LogP contribution is 2.18. The van der Waals surface area contributed by atoms with Crippen molar-refractivity contribution >= 4 is 0 Å². The number of likely N-dealkylation sites (tertiary alicyclic amines) is 1. The van der Waals surface area contributed by atoms with Gasteiger partial charge in [-0.3, -0.25) is 4.90 Å². The fourth-order valence-corrected chi connectivity index (χ4v) is 2.69. The van der Waals surface area contributed by atoms with Crippen LogP contribution in [0, 0.1) is 0 Å². The van der Waals surface area contributed by atoms with Gasteiger partial charge in [0.2, 0.25) is 0 Å². The molecule has 20 heavy (non-hydrogen) atoms. The van der Waals surface area contributed by atoms with Crippen molar-refractivity contribution in [3.63, 3.8) is 0 Å². The van der Waals surface area contributed by atoms with Crippen LogP contribution in [0.3, 0.4) is 0 Å². The molecule has 1 aliphatic heterocycles. The van der Waals surface area contributed by atoms with Gasteiger partial charge in [-0.05, 0) is 43.7 Å². The van der Waals surface area contributed by atoms with Crippen LogP contribution in [0.4, 0.5) is 0 Å². The van der Waals surface area contributed by atoms with E-state index in [1.54, 1.807) is 7.11 Å². The molecule has 1 unspecified atom stereocenters. The van der Waals surface area contributed by atoms with E-state index < -0.39 is 0 Å². The highest BCUT2D eigenvalue weighted by molar-refractivity contribution is 5.31. The first kappa shape index (κ1) is 15.1. The molecular formula is C16H25NO3. The number of methoxy groups -OCH3 is 1. The van der Waals surface area contributed by atoms with E-state index in [4.69, 9.17) is 9.47 Å². The average molecular weight is 279 g/mol. The third kappa shape index (κ3) is 4.39. The average Bonchev–Trinajstić information content (AvgIpc) is 2.73. The van der Waals surface area contributed by atoms with Crippen molar-refractivity contribution in [2.75, 3.05) is 33.4 Å². The predicted molar refractivity (Wildman–Crippen MR) is 79.4 cm³/mol. The molecule has 112 valence electrons. The Morgan fingerprint density at radius 1 is 1.15 bits per heavy atom. The van der Waals surface area contributed by atoms with E-state index in [0.29, 0.717) is 12.6 Å². The lowest BCUT2D eigenvalue weighted by atomic mass is 10.1. The Morgan fingerprint density at radius 2 is 1.90 bits per heavy atom. The number of rotatable bonds is 6. The van der Waals surface area contributed by atoms with E-state index >= 15 is 0 Å². The summed E-state index contributed by atoms with van der Waals surface area (Å²) in [7, 11) is 1.66. The molecule has 1 fully saturated rings. The Hall–Kier alpha value is -1.26. The second kappa shape index (κ2) is 8.12. The topological polar surface area (TPSA) is 41.9 Å². The van der Waals surface area contributed by atoms with Gasteiger partial charge < -0.3 is 14.6 Å². The third-order valence-corrected chi connectivity index (χ3v) is 3.92. The van der Waals surface area contributed by atoms with Gasteiger partial charge in [0.1, 0.15) is 18.1 Å². The monoisotopic (exact) mass is 279 g/mol. The molecule has 1 aromatic carbocycles. The number of aliphatic hydroxyl groups excluding tert-OH is 1. The van der Waals surface area contributed by atoms with Gasteiger partial charge in [-0.25, -0.2) is 0 Å².